The molecule has 0 amide bonds. The minimum atomic E-state index is -5.00. The summed E-state index contributed by atoms with van der Waals surface area (Å²) in [5.41, 5.74) is -3.30. The van der Waals surface area contributed by atoms with E-state index in [2.05, 4.69) is 14.7 Å². The number of aliphatic hydroxyl groups is 2. The van der Waals surface area contributed by atoms with Gasteiger partial charge in [-0.2, -0.15) is 13.2 Å². The van der Waals surface area contributed by atoms with Gasteiger partial charge in [0.15, 0.2) is 5.60 Å². The van der Waals surface area contributed by atoms with E-state index in [4.69, 9.17) is 14.6 Å². The van der Waals surface area contributed by atoms with Crippen molar-refractivity contribution < 1.29 is 50.8 Å². The molecule has 0 radical (unpaired) electrons. The van der Waals surface area contributed by atoms with Crippen molar-refractivity contribution >= 4 is 11.0 Å². The van der Waals surface area contributed by atoms with Gasteiger partial charge >= 0.3 is 12.5 Å². The van der Waals surface area contributed by atoms with Crippen LogP contribution >= 0.6 is 0 Å². The second-order valence-corrected chi connectivity index (χ2v) is 9.33. The number of hydrogen-bond acceptors (Lipinski definition) is 7. The summed E-state index contributed by atoms with van der Waals surface area (Å²) >= 11 is 0. The van der Waals surface area contributed by atoms with Crippen LogP contribution in [0.3, 0.4) is 0 Å². The summed E-state index contributed by atoms with van der Waals surface area (Å²) in [7, 11) is 1.15. The Kier molecular flexibility index (Phi) is 7.34. The van der Waals surface area contributed by atoms with Gasteiger partial charge in [-0.3, -0.25) is 4.79 Å². The summed E-state index contributed by atoms with van der Waals surface area (Å²) in [6.45, 7) is 1.51. The van der Waals surface area contributed by atoms with Gasteiger partial charge < -0.3 is 29.4 Å². The lowest BCUT2D eigenvalue weighted by molar-refractivity contribution is -0.275. The number of nitrogens with zero attached hydrogens (tertiary/aromatic N) is 1. The van der Waals surface area contributed by atoms with Gasteiger partial charge in [0.25, 0.3) is 0 Å². The number of aliphatic hydroxyl groups excluding tert-OH is 2. The van der Waals surface area contributed by atoms with E-state index >= 15 is 0 Å². The van der Waals surface area contributed by atoms with Crippen LogP contribution in [0.1, 0.15) is 48.9 Å². The van der Waals surface area contributed by atoms with Crippen LogP contribution in [-0.2, 0) is 4.74 Å². The quantitative estimate of drug-likeness (QED) is 0.375. The SMILES string of the molecule is COc1cc(OC(F)(F)F)ccc1[C@H]1[C@H](c2cc(=O)c3nc([C@@H](O)CO)ccc3[nH]2)O[C@@](C)(C(F)(F)F)[C@H]1C. The van der Waals surface area contributed by atoms with Crippen molar-refractivity contribution in [2.75, 3.05) is 13.7 Å². The van der Waals surface area contributed by atoms with E-state index in [-0.39, 0.29) is 33.7 Å². The number of aromatic nitrogens is 2. The first-order valence-corrected chi connectivity index (χ1v) is 11.6. The Bertz CT molecular complexity index is 1420. The number of benzene rings is 1. The lowest BCUT2D eigenvalue weighted by atomic mass is 9.76. The Balaban J connectivity index is 1.87. The summed E-state index contributed by atoms with van der Waals surface area (Å²) in [6.07, 6.45) is -12.6. The molecule has 0 unspecified atom stereocenters. The van der Waals surface area contributed by atoms with Crippen molar-refractivity contribution in [3.8, 4) is 11.5 Å². The summed E-state index contributed by atoms with van der Waals surface area (Å²) in [6, 6.07) is 6.77. The fraction of sp³-hybridized carbons (Fsp3) is 0.440. The molecular weight excluding hydrogens is 538 g/mol. The molecule has 8 nitrogen and oxygen atoms in total. The highest BCUT2D eigenvalue weighted by Gasteiger charge is 2.65. The normalized spacial score (nSPS) is 24.6. The number of halogens is 6. The third-order valence-electron chi connectivity index (χ3n) is 7.00. The van der Waals surface area contributed by atoms with Crippen LogP contribution in [0.2, 0.25) is 0 Å². The first-order valence-electron chi connectivity index (χ1n) is 11.6. The maximum atomic E-state index is 14.3. The van der Waals surface area contributed by atoms with E-state index in [1.807, 2.05) is 0 Å². The molecule has 5 atom stereocenters. The number of nitrogens with one attached hydrogen (secondary N) is 1. The Labute approximate surface area is 217 Å². The predicted molar refractivity (Wildman–Crippen MR) is 124 cm³/mol. The van der Waals surface area contributed by atoms with E-state index in [9.17, 15) is 36.2 Å². The topological polar surface area (TPSA) is 114 Å². The molecule has 0 bridgehead atoms. The molecule has 0 saturated carbocycles. The standard InChI is InChI=1S/C25H24F6N2O6/c1-11-20(13-5-4-12(8-19(13)37-3)38-25(29,30)31)22(39-23(11,2)24(26,27)28)16-9-17(35)21-15(32-16)7-6-14(33-21)18(36)10-34/h4-9,11,18,20,22,34,36H,10H2,1-3H3,(H,32,35)/t11-,18-,20-,22-,23+/m0/s1. The van der Waals surface area contributed by atoms with E-state index in [1.54, 1.807) is 0 Å². The molecule has 1 aliphatic heterocycles. The number of H-pyrrole nitrogens is 1. The number of fused-ring (bicyclic) bond motifs is 1. The highest BCUT2D eigenvalue weighted by Crippen LogP contribution is 2.59. The fourth-order valence-electron chi connectivity index (χ4n) is 4.82. The van der Waals surface area contributed by atoms with Crippen LogP contribution in [0.5, 0.6) is 11.5 Å². The molecule has 39 heavy (non-hydrogen) atoms. The number of aromatic amines is 1. The first kappa shape index (κ1) is 28.6. The van der Waals surface area contributed by atoms with Crippen LogP contribution in [0.25, 0.3) is 11.0 Å². The Hall–Kier alpha value is -3.36. The van der Waals surface area contributed by atoms with Gasteiger partial charge in [-0.25, -0.2) is 4.98 Å². The van der Waals surface area contributed by atoms with Gasteiger partial charge in [-0.05, 0) is 25.1 Å². The molecule has 3 N–H and O–H groups in total. The lowest BCUT2D eigenvalue weighted by Gasteiger charge is -2.32. The van der Waals surface area contributed by atoms with E-state index in [1.165, 1.54) is 25.1 Å². The molecule has 14 heteroatoms. The van der Waals surface area contributed by atoms with Crippen LogP contribution < -0.4 is 14.9 Å². The van der Waals surface area contributed by atoms with Crippen molar-refractivity contribution in [2.45, 2.75) is 50.1 Å². The van der Waals surface area contributed by atoms with Gasteiger partial charge in [-0.1, -0.05) is 13.0 Å². The Morgan fingerprint density at radius 3 is 2.44 bits per heavy atom. The second kappa shape index (κ2) is 9.99. The molecule has 4 rings (SSSR count). The monoisotopic (exact) mass is 562 g/mol. The molecule has 3 heterocycles. The number of alkyl halides is 6. The summed E-state index contributed by atoms with van der Waals surface area (Å²) in [5.74, 6) is -3.22. The van der Waals surface area contributed by atoms with E-state index in [0.717, 1.165) is 32.2 Å². The zero-order chi connectivity index (χ0) is 28.9. The zero-order valence-electron chi connectivity index (χ0n) is 20.7. The minimum absolute atomic E-state index is 0.0161. The third-order valence-corrected chi connectivity index (χ3v) is 7.00. The smallest absolute Gasteiger partial charge is 0.496 e. The van der Waals surface area contributed by atoms with Crippen LogP contribution in [0.4, 0.5) is 26.3 Å². The number of methoxy groups -OCH3 is 1. The Morgan fingerprint density at radius 1 is 1.15 bits per heavy atom. The zero-order valence-corrected chi connectivity index (χ0v) is 20.7. The molecule has 1 fully saturated rings. The van der Waals surface area contributed by atoms with E-state index in [0.29, 0.717) is 0 Å². The van der Waals surface area contributed by atoms with Crippen molar-refractivity contribution in [2.24, 2.45) is 5.92 Å². The molecule has 1 aromatic carbocycles. The van der Waals surface area contributed by atoms with Gasteiger partial charge in [-0.15, -0.1) is 13.2 Å². The molecular formula is C25H24F6N2O6. The second-order valence-electron chi connectivity index (χ2n) is 9.33. The minimum Gasteiger partial charge on any atom is -0.496 e. The number of ether oxygens (including phenoxy) is 3. The summed E-state index contributed by atoms with van der Waals surface area (Å²) in [5, 5.41) is 19.0. The first-order chi connectivity index (χ1) is 18.1. The van der Waals surface area contributed by atoms with E-state index < -0.39 is 60.0 Å². The molecule has 1 saturated heterocycles. The van der Waals surface area contributed by atoms with Gasteiger partial charge in [0, 0.05) is 35.2 Å². The number of pyridine rings is 2. The van der Waals surface area contributed by atoms with Crippen molar-refractivity contribution in [3.63, 3.8) is 0 Å². The fourth-order valence-corrected chi connectivity index (χ4v) is 4.82. The maximum absolute atomic E-state index is 14.3. The van der Waals surface area contributed by atoms with Crippen molar-refractivity contribution in [1.29, 1.82) is 0 Å². The molecule has 0 spiro atoms. The highest BCUT2D eigenvalue weighted by atomic mass is 19.4. The average molecular weight is 562 g/mol. The third kappa shape index (κ3) is 5.28. The van der Waals surface area contributed by atoms with Gasteiger partial charge in [0.2, 0.25) is 5.43 Å². The van der Waals surface area contributed by atoms with Crippen molar-refractivity contribution in [3.05, 3.63) is 63.6 Å². The van der Waals surface area contributed by atoms with Crippen molar-refractivity contribution in [1.82, 2.24) is 9.97 Å². The van der Waals surface area contributed by atoms with Gasteiger partial charge in [0.05, 0.1) is 24.9 Å². The van der Waals surface area contributed by atoms with Crippen LogP contribution in [0.15, 0.2) is 41.2 Å². The van der Waals surface area contributed by atoms with Gasteiger partial charge in [0.1, 0.15) is 29.2 Å². The predicted octanol–water partition coefficient (Wildman–Crippen LogP) is 4.67. The molecule has 1 aliphatic rings. The summed E-state index contributed by atoms with van der Waals surface area (Å²) < 4.78 is 95.8. The largest absolute Gasteiger partial charge is 0.573 e. The van der Waals surface area contributed by atoms with Crippen LogP contribution in [0, 0.1) is 5.92 Å². The lowest BCUT2D eigenvalue weighted by Crippen LogP contribution is -2.46. The summed E-state index contributed by atoms with van der Waals surface area (Å²) in [4.78, 5) is 19.9. The highest BCUT2D eigenvalue weighted by molar-refractivity contribution is 5.74. The average Bonchev–Trinajstić information content (AvgIpc) is 3.13. The molecule has 0 aliphatic carbocycles. The Morgan fingerprint density at radius 2 is 1.85 bits per heavy atom. The van der Waals surface area contributed by atoms with Crippen LogP contribution in [-0.4, -0.2) is 52.0 Å². The number of rotatable bonds is 6. The molecule has 212 valence electrons. The molecule has 2 aromatic heterocycles. The molecule has 3 aromatic rings. The number of hydrogen-bond donors (Lipinski definition) is 3. The maximum Gasteiger partial charge on any atom is 0.573 e.